The van der Waals surface area contributed by atoms with Crippen LogP contribution in [-0.2, 0) is 21.4 Å². The molecule has 1 aromatic carbocycles. The van der Waals surface area contributed by atoms with Crippen molar-refractivity contribution in [2.24, 2.45) is 0 Å². The van der Waals surface area contributed by atoms with Crippen LogP contribution in [0.2, 0.25) is 0 Å². The molecule has 2 aliphatic heterocycles. The molecule has 124 valence electrons. The van der Waals surface area contributed by atoms with E-state index >= 15 is 0 Å². The molecule has 5 heteroatoms. The number of ketones is 1. The second kappa shape index (κ2) is 4.63. The number of likely N-dealkylation sites (N-methyl/N-ethyl adjacent to an activating group) is 1. The van der Waals surface area contributed by atoms with Crippen molar-refractivity contribution in [3.63, 3.8) is 0 Å². The highest BCUT2D eigenvalue weighted by Crippen LogP contribution is 2.53. The van der Waals surface area contributed by atoms with Crippen LogP contribution in [0.15, 0.2) is 35.6 Å². The molecule has 0 N–H and O–H groups in total. The van der Waals surface area contributed by atoms with Crippen molar-refractivity contribution >= 4 is 5.78 Å². The number of piperidine rings is 1. The third-order valence-corrected chi connectivity index (χ3v) is 5.88. The average molecular weight is 325 g/mol. The number of nitrogens with zero attached hydrogens (tertiary/aromatic N) is 1. The molecule has 2 unspecified atom stereocenters. The van der Waals surface area contributed by atoms with Crippen molar-refractivity contribution in [2.75, 3.05) is 27.5 Å². The number of allylic oxidation sites excluding steroid dienone is 2. The van der Waals surface area contributed by atoms with Gasteiger partial charge in [-0.15, -0.1) is 0 Å². The molecule has 1 fully saturated rings. The van der Waals surface area contributed by atoms with E-state index in [0.29, 0.717) is 5.76 Å². The maximum absolute atomic E-state index is 12.4. The molecule has 2 heterocycles. The fourth-order valence-corrected chi connectivity index (χ4v) is 4.65. The summed E-state index contributed by atoms with van der Waals surface area (Å²) in [4.78, 5) is 14.7. The Hall–Kier alpha value is -2.27. The third kappa shape index (κ3) is 1.65. The van der Waals surface area contributed by atoms with Crippen molar-refractivity contribution in [3.05, 3.63) is 46.7 Å². The lowest BCUT2D eigenvalue weighted by atomic mass is 9.59. The Morgan fingerprint density at radius 2 is 2.08 bits per heavy atom. The fraction of sp³-hybridized carbons (Fsp3) is 0.421. The van der Waals surface area contributed by atoms with E-state index in [1.807, 2.05) is 6.08 Å². The number of fused-ring (bicyclic) bond motifs is 2. The van der Waals surface area contributed by atoms with Crippen LogP contribution in [0.3, 0.4) is 0 Å². The fourth-order valence-electron chi connectivity index (χ4n) is 4.65. The van der Waals surface area contributed by atoms with Crippen LogP contribution in [-0.4, -0.2) is 44.2 Å². The summed E-state index contributed by atoms with van der Waals surface area (Å²) in [6.07, 6.45) is 5.65. The lowest BCUT2D eigenvalue weighted by molar-refractivity contribution is -0.114. The highest BCUT2D eigenvalue weighted by atomic mass is 16.7. The summed E-state index contributed by atoms with van der Waals surface area (Å²) in [5.41, 5.74) is 3.41. The van der Waals surface area contributed by atoms with E-state index in [-0.39, 0.29) is 24.0 Å². The first-order valence-electron chi connectivity index (χ1n) is 8.29. The SMILES string of the molecule is COC1=CC23CCN(C)C(Cc4cc5c(cc42)OCO5)C3=CC1=O. The van der Waals surface area contributed by atoms with Crippen LogP contribution in [0.25, 0.3) is 0 Å². The first-order valence-corrected chi connectivity index (χ1v) is 8.29. The van der Waals surface area contributed by atoms with Gasteiger partial charge in [-0.3, -0.25) is 9.69 Å². The number of benzene rings is 1. The lowest BCUT2D eigenvalue weighted by Gasteiger charge is -2.52. The standard InChI is InChI=1S/C19H19NO4/c1-20-4-3-19-9-18(22-2)15(21)7-13(19)14(20)5-11-6-16-17(8-12(11)19)24-10-23-16/h6-9,14H,3-5,10H2,1-2H3. The van der Waals surface area contributed by atoms with Crippen molar-refractivity contribution in [3.8, 4) is 11.5 Å². The minimum absolute atomic E-state index is 0.0346. The summed E-state index contributed by atoms with van der Waals surface area (Å²) >= 11 is 0. The molecule has 0 amide bonds. The van der Waals surface area contributed by atoms with Gasteiger partial charge in [-0.05, 0) is 67.4 Å². The smallest absolute Gasteiger partial charge is 0.231 e. The monoisotopic (exact) mass is 325 g/mol. The van der Waals surface area contributed by atoms with Crippen molar-refractivity contribution in [2.45, 2.75) is 24.3 Å². The van der Waals surface area contributed by atoms with Crippen molar-refractivity contribution in [1.82, 2.24) is 4.90 Å². The molecule has 0 radical (unpaired) electrons. The van der Waals surface area contributed by atoms with Crippen molar-refractivity contribution in [1.29, 1.82) is 0 Å². The number of rotatable bonds is 1. The predicted molar refractivity (Wildman–Crippen MR) is 87.2 cm³/mol. The van der Waals surface area contributed by atoms with Crippen LogP contribution >= 0.6 is 0 Å². The van der Waals surface area contributed by atoms with Crippen molar-refractivity contribution < 1.29 is 19.0 Å². The average Bonchev–Trinajstić information content (AvgIpc) is 3.04. The van der Waals surface area contributed by atoms with Crippen LogP contribution < -0.4 is 9.47 Å². The van der Waals surface area contributed by atoms with Gasteiger partial charge in [0, 0.05) is 11.5 Å². The molecule has 24 heavy (non-hydrogen) atoms. The van der Waals surface area contributed by atoms with E-state index in [1.54, 1.807) is 13.2 Å². The maximum Gasteiger partial charge on any atom is 0.231 e. The molecule has 2 aliphatic carbocycles. The Bertz CT molecular complexity index is 825. The number of carbonyl (C=O) groups is 1. The minimum Gasteiger partial charge on any atom is -0.493 e. The zero-order valence-electron chi connectivity index (χ0n) is 13.8. The lowest BCUT2D eigenvalue weighted by Crippen LogP contribution is -2.54. The van der Waals surface area contributed by atoms with E-state index in [9.17, 15) is 4.79 Å². The van der Waals surface area contributed by atoms with Gasteiger partial charge in [-0.1, -0.05) is 0 Å². The van der Waals surface area contributed by atoms with Gasteiger partial charge in [0.1, 0.15) is 0 Å². The summed E-state index contributed by atoms with van der Waals surface area (Å²) in [7, 11) is 3.70. The maximum atomic E-state index is 12.4. The first kappa shape index (κ1) is 14.1. The van der Waals surface area contributed by atoms with Gasteiger partial charge in [0.25, 0.3) is 0 Å². The van der Waals surface area contributed by atoms with Gasteiger partial charge in [0.2, 0.25) is 12.6 Å². The third-order valence-electron chi connectivity index (χ3n) is 5.88. The number of ether oxygens (including phenoxy) is 3. The van der Waals surface area contributed by atoms with Crippen LogP contribution in [0.5, 0.6) is 11.5 Å². The summed E-state index contributed by atoms with van der Waals surface area (Å²) < 4.78 is 16.5. The Kier molecular flexibility index (Phi) is 2.72. The molecule has 4 aliphatic rings. The van der Waals surface area contributed by atoms with E-state index in [2.05, 4.69) is 24.1 Å². The zero-order valence-corrected chi connectivity index (χ0v) is 13.8. The van der Waals surface area contributed by atoms with Gasteiger partial charge >= 0.3 is 0 Å². The van der Waals surface area contributed by atoms with Gasteiger partial charge in [-0.25, -0.2) is 0 Å². The molecule has 0 saturated carbocycles. The number of hydrogen-bond donors (Lipinski definition) is 0. The molecule has 0 spiro atoms. The molecule has 2 bridgehead atoms. The molecule has 0 aromatic heterocycles. The molecular weight excluding hydrogens is 306 g/mol. The van der Waals surface area contributed by atoms with E-state index in [4.69, 9.17) is 14.2 Å². The van der Waals surface area contributed by atoms with E-state index < -0.39 is 0 Å². The topological polar surface area (TPSA) is 48.0 Å². The Morgan fingerprint density at radius 3 is 2.88 bits per heavy atom. The van der Waals surface area contributed by atoms with Crippen LogP contribution in [0, 0.1) is 0 Å². The summed E-state index contributed by atoms with van der Waals surface area (Å²) in [5, 5.41) is 0. The van der Waals surface area contributed by atoms with Gasteiger partial charge in [-0.2, -0.15) is 0 Å². The normalized spacial score (nSPS) is 30.2. The first-order chi connectivity index (χ1) is 11.6. The molecule has 2 atom stereocenters. The molecule has 5 nitrogen and oxygen atoms in total. The van der Waals surface area contributed by atoms with Crippen LogP contribution in [0.1, 0.15) is 17.5 Å². The minimum atomic E-state index is -0.273. The Morgan fingerprint density at radius 1 is 1.29 bits per heavy atom. The number of carbonyl (C=O) groups excluding carboxylic acids is 1. The van der Waals surface area contributed by atoms with Gasteiger partial charge in [0.05, 0.1) is 7.11 Å². The summed E-state index contributed by atoms with van der Waals surface area (Å²) in [6.45, 7) is 1.26. The molecule has 5 rings (SSSR count). The summed E-state index contributed by atoms with van der Waals surface area (Å²) in [6, 6.07) is 4.45. The van der Waals surface area contributed by atoms with E-state index in [0.717, 1.165) is 30.9 Å². The zero-order chi connectivity index (χ0) is 16.5. The van der Waals surface area contributed by atoms with Crippen LogP contribution in [0.4, 0.5) is 0 Å². The highest BCUT2D eigenvalue weighted by molar-refractivity contribution is 6.05. The molecular formula is C19H19NO4. The number of methoxy groups -OCH3 is 1. The molecule has 1 aromatic rings. The second-order valence-corrected chi connectivity index (χ2v) is 6.96. The highest BCUT2D eigenvalue weighted by Gasteiger charge is 2.50. The Labute approximate surface area is 140 Å². The van der Waals surface area contributed by atoms with Gasteiger partial charge in [0.15, 0.2) is 17.3 Å². The van der Waals surface area contributed by atoms with E-state index in [1.165, 1.54) is 16.7 Å². The summed E-state index contributed by atoms with van der Waals surface area (Å²) in [5.74, 6) is 2.02. The number of likely N-dealkylation sites (tertiary alicyclic amines) is 1. The molecule has 1 saturated heterocycles. The quantitative estimate of drug-likeness (QED) is 0.790. The second-order valence-electron chi connectivity index (χ2n) is 6.96. The Balaban J connectivity index is 1.78. The number of hydrogen-bond acceptors (Lipinski definition) is 5. The predicted octanol–water partition coefficient (Wildman–Crippen LogP) is 1.95. The largest absolute Gasteiger partial charge is 0.493 e. The van der Waals surface area contributed by atoms with Gasteiger partial charge < -0.3 is 14.2 Å².